The number of rotatable bonds is 13. The first kappa shape index (κ1) is 36.5. The standard InChI is InChI=1S/C28H34N6O5.C2HF3O2/c1-5-38-21-14-19(15-22(16-21)39-17-25(35)34(2)3)26(31-20-12-10-18(11-13-20)27(29)30)28(36)33-32-23-8-6-7-9-24(23)37-4;3-2(4,5)1(6)7/h6-16,26,31-32H,5,17H2,1-4H3,(H3,29,30)(H,33,36);(H,6,7). The van der Waals surface area contributed by atoms with Crippen LogP contribution in [0.15, 0.2) is 66.7 Å². The highest BCUT2D eigenvalue weighted by Crippen LogP contribution is 2.30. The molecule has 0 aliphatic heterocycles. The molecule has 0 aromatic heterocycles. The van der Waals surface area contributed by atoms with Crippen molar-refractivity contribution in [2.45, 2.75) is 19.1 Å². The molecule has 3 rings (SSSR count). The number of amides is 2. The first-order valence-electron chi connectivity index (χ1n) is 13.5. The summed E-state index contributed by atoms with van der Waals surface area (Å²) in [5.74, 6) is -2.04. The average Bonchev–Trinajstić information content (AvgIpc) is 3.01. The summed E-state index contributed by atoms with van der Waals surface area (Å²) in [5.41, 5.74) is 13.5. The van der Waals surface area contributed by atoms with Crippen LogP contribution in [0.5, 0.6) is 17.2 Å². The van der Waals surface area contributed by atoms with E-state index in [1.807, 2.05) is 19.1 Å². The van der Waals surface area contributed by atoms with Gasteiger partial charge in [0.25, 0.3) is 11.8 Å². The lowest BCUT2D eigenvalue weighted by atomic mass is 10.0. The van der Waals surface area contributed by atoms with Crippen molar-refractivity contribution in [3.8, 4) is 17.2 Å². The third-order valence-electron chi connectivity index (χ3n) is 5.85. The predicted octanol–water partition coefficient (Wildman–Crippen LogP) is 3.77. The smallest absolute Gasteiger partial charge is 0.490 e. The second kappa shape index (κ2) is 17.0. The molecule has 16 heteroatoms. The van der Waals surface area contributed by atoms with E-state index in [1.54, 1.807) is 75.8 Å². The van der Waals surface area contributed by atoms with E-state index < -0.39 is 24.1 Å². The Hall–Kier alpha value is -5.67. The fourth-order valence-corrected chi connectivity index (χ4v) is 3.53. The zero-order chi connectivity index (χ0) is 34.4. The number of benzene rings is 3. The molecule has 0 aliphatic carbocycles. The number of carboxylic acids is 1. The molecule has 1 atom stereocenters. The maximum Gasteiger partial charge on any atom is 0.490 e. The Kier molecular flexibility index (Phi) is 13.5. The van der Waals surface area contributed by atoms with E-state index >= 15 is 0 Å². The Labute approximate surface area is 262 Å². The zero-order valence-corrected chi connectivity index (χ0v) is 25.4. The van der Waals surface area contributed by atoms with Crippen molar-refractivity contribution in [2.24, 2.45) is 5.73 Å². The number of likely N-dealkylation sites (N-methyl/N-ethyl adjacent to an activating group) is 1. The number of hydrazine groups is 1. The number of halogens is 3. The molecule has 2 amide bonds. The number of alkyl halides is 3. The molecular formula is C30H35F3N6O7. The molecule has 7 N–H and O–H groups in total. The second-order valence-electron chi connectivity index (χ2n) is 9.43. The minimum Gasteiger partial charge on any atom is -0.495 e. The topological polar surface area (TPSA) is 188 Å². The number of nitrogen functional groups attached to an aromatic ring is 1. The number of aliphatic carboxylic acids is 1. The molecule has 0 aliphatic rings. The van der Waals surface area contributed by atoms with Crippen LogP contribution in [-0.2, 0) is 14.4 Å². The maximum atomic E-state index is 13.6. The fourth-order valence-electron chi connectivity index (χ4n) is 3.53. The molecule has 0 saturated heterocycles. The van der Waals surface area contributed by atoms with Gasteiger partial charge < -0.3 is 35.3 Å². The normalized spacial score (nSPS) is 11.1. The highest BCUT2D eigenvalue weighted by Gasteiger charge is 2.38. The van der Waals surface area contributed by atoms with Crippen molar-refractivity contribution in [1.82, 2.24) is 10.3 Å². The van der Waals surface area contributed by atoms with Gasteiger partial charge in [0.1, 0.15) is 29.1 Å². The number of methoxy groups -OCH3 is 1. The van der Waals surface area contributed by atoms with Gasteiger partial charge in [-0.2, -0.15) is 13.2 Å². The molecule has 46 heavy (non-hydrogen) atoms. The van der Waals surface area contributed by atoms with Gasteiger partial charge in [0.05, 0.1) is 19.4 Å². The number of ether oxygens (including phenoxy) is 3. The van der Waals surface area contributed by atoms with E-state index in [0.717, 1.165) is 0 Å². The van der Waals surface area contributed by atoms with Gasteiger partial charge in [-0.05, 0) is 61.0 Å². The lowest BCUT2D eigenvalue weighted by molar-refractivity contribution is -0.192. The first-order chi connectivity index (χ1) is 21.7. The number of amidine groups is 1. The number of hydrogen-bond acceptors (Lipinski definition) is 9. The Bertz CT molecular complexity index is 1500. The zero-order valence-electron chi connectivity index (χ0n) is 25.4. The summed E-state index contributed by atoms with van der Waals surface area (Å²) in [7, 11) is 4.83. The van der Waals surface area contributed by atoms with E-state index in [0.29, 0.717) is 46.4 Å². The predicted molar refractivity (Wildman–Crippen MR) is 164 cm³/mol. The number of nitrogens with two attached hydrogens (primary N) is 1. The molecule has 0 radical (unpaired) electrons. The van der Waals surface area contributed by atoms with Crippen LogP contribution >= 0.6 is 0 Å². The van der Waals surface area contributed by atoms with Crippen LogP contribution in [0.25, 0.3) is 0 Å². The molecule has 248 valence electrons. The van der Waals surface area contributed by atoms with Crippen molar-refractivity contribution in [3.05, 3.63) is 77.9 Å². The Morgan fingerprint density at radius 3 is 2.11 bits per heavy atom. The summed E-state index contributed by atoms with van der Waals surface area (Å²) in [4.78, 5) is 36.0. The van der Waals surface area contributed by atoms with E-state index in [4.69, 9.17) is 35.3 Å². The van der Waals surface area contributed by atoms with Crippen molar-refractivity contribution < 1.29 is 46.9 Å². The number of carboxylic acid groups (broad SMARTS) is 1. The van der Waals surface area contributed by atoms with Gasteiger partial charge in [0.15, 0.2) is 6.61 Å². The highest BCUT2D eigenvalue weighted by molar-refractivity contribution is 5.95. The summed E-state index contributed by atoms with van der Waals surface area (Å²) in [6.45, 7) is 2.07. The molecule has 0 spiro atoms. The van der Waals surface area contributed by atoms with Crippen LogP contribution in [0.2, 0.25) is 0 Å². The number of nitrogens with one attached hydrogen (secondary N) is 4. The summed E-state index contributed by atoms with van der Waals surface area (Å²) in [6, 6.07) is 18.2. The van der Waals surface area contributed by atoms with Crippen LogP contribution in [0, 0.1) is 5.41 Å². The van der Waals surface area contributed by atoms with Gasteiger partial charge in [-0.1, -0.05) is 12.1 Å². The van der Waals surface area contributed by atoms with Crippen LogP contribution < -0.4 is 36.1 Å². The molecule has 0 fully saturated rings. The van der Waals surface area contributed by atoms with Crippen LogP contribution in [0.3, 0.4) is 0 Å². The summed E-state index contributed by atoms with van der Waals surface area (Å²) >= 11 is 0. The fraction of sp³-hybridized carbons (Fsp3) is 0.267. The first-order valence-corrected chi connectivity index (χ1v) is 13.5. The summed E-state index contributed by atoms with van der Waals surface area (Å²) < 4.78 is 48.5. The number of anilines is 2. The van der Waals surface area contributed by atoms with Gasteiger partial charge >= 0.3 is 12.1 Å². The molecule has 1 unspecified atom stereocenters. The SMILES string of the molecule is CCOc1cc(OCC(=O)N(C)C)cc(C(Nc2ccc(C(=N)N)cc2)C(=O)NNc2ccccc2OC)c1.O=C(O)C(F)(F)F. The summed E-state index contributed by atoms with van der Waals surface area (Å²) in [5, 5.41) is 18.0. The van der Waals surface area contributed by atoms with Crippen molar-refractivity contribution in [1.29, 1.82) is 5.41 Å². The van der Waals surface area contributed by atoms with Crippen LogP contribution in [-0.4, -0.2) is 74.2 Å². The molecule has 3 aromatic carbocycles. The Balaban J connectivity index is 0.000000942. The van der Waals surface area contributed by atoms with Gasteiger partial charge in [-0.25, -0.2) is 4.79 Å². The van der Waals surface area contributed by atoms with E-state index in [1.165, 1.54) is 4.90 Å². The van der Waals surface area contributed by atoms with Gasteiger partial charge in [0, 0.05) is 31.4 Å². The maximum absolute atomic E-state index is 13.6. The molecule has 0 heterocycles. The Morgan fingerprint density at radius 2 is 1.59 bits per heavy atom. The lowest BCUT2D eigenvalue weighted by Gasteiger charge is -2.22. The highest BCUT2D eigenvalue weighted by atomic mass is 19.4. The van der Waals surface area contributed by atoms with E-state index in [2.05, 4.69) is 16.2 Å². The number of nitrogens with zero attached hydrogens (tertiary/aromatic N) is 1. The molecule has 13 nitrogen and oxygen atoms in total. The van der Waals surface area contributed by atoms with Gasteiger partial charge in [0.2, 0.25) is 0 Å². The molecule has 3 aromatic rings. The van der Waals surface area contributed by atoms with Gasteiger partial charge in [-0.15, -0.1) is 0 Å². The minimum atomic E-state index is -5.08. The van der Waals surface area contributed by atoms with Gasteiger partial charge in [-0.3, -0.25) is 25.8 Å². The van der Waals surface area contributed by atoms with Crippen molar-refractivity contribution >= 4 is 35.0 Å². The monoisotopic (exact) mass is 648 g/mol. The number of carbonyl (C=O) groups excluding carboxylic acids is 2. The molecule has 0 saturated carbocycles. The van der Waals surface area contributed by atoms with E-state index in [9.17, 15) is 22.8 Å². The number of para-hydroxylation sites is 2. The third kappa shape index (κ3) is 11.4. The number of hydrogen-bond donors (Lipinski definition) is 6. The average molecular weight is 649 g/mol. The summed E-state index contributed by atoms with van der Waals surface area (Å²) in [6.07, 6.45) is -5.08. The van der Waals surface area contributed by atoms with Crippen LogP contribution in [0.1, 0.15) is 24.1 Å². The van der Waals surface area contributed by atoms with E-state index in [-0.39, 0.29) is 18.3 Å². The van der Waals surface area contributed by atoms with Crippen molar-refractivity contribution in [3.63, 3.8) is 0 Å². The third-order valence-corrected chi connectivity index (χ3v) is 5.85. The number of carbonyl (C=O) groups is 3. The van der Waals surface area contributed by atoms with Crippen LogP contribution in [0.4, 0.5) is 24.5 Å². The molecular weight excluding hydrogens is 613 g/mol. The Morgan fingerprint density at radius 1 is 1.00 bits per heavy atom. The lowest BCUT2D eigenvalue weighted by Crippen LogP contribution is -2.37. The second-order valence-corrected chi connectivity index (χ2v) is 9.43. The quantitative estimate of drug-likeness (QED) is 0.0905. The molecule has 0 bridgehead atoms. The largest absolute Gasteiger partial charge is 0.495 e. The van der Waals surface area contributed by atoms with Crippen molar-refractivity contribution in [2.75, 3.05) is 45.2 Å². The minimum absolute atomic E-state index is 0.0599.